The Morgan fingerprint density at radius 1 is 1.29 bits per heavy atom. The van der Waals surface area contributed by atoms with Crippen LogP contribution >= 0.6 is 0 Å². The van der Waals surface area contributed by atoms with Gasteiger partial charge in [-0.25, -0.2) is 0 Å². The number of nitrogens with two attached hydrogens (primary N) is 1. The number of rotatable bonds is 18. The first kappa shape index (κ1) is 29.9. The van der Waals surface area contributed by atoms with Crippen molar-refractivity contribution in [1.82, 2.24) is 20.4 Å². The summed E-state index contributed by atoms with van der Waals surface area (Å²) in [5.74, 6) is -0.308. The summed E-state index contributed by atoms with van der Waals surface area (Å²) in [6.07, 6.45) is 11.1. The van der Waals surface area contributed by atoms with Crippen LogP contribution in [0.4, 0.5) is 0 Å². The van der Waals surface area contributed by atoms with Crippen LogP contribution in [0.15, 0.2) is 36.6 Å². The second-order valence-corrected chi connectivity index (χ2v) is 8.91. The molecule has 4 atom stereocenters. The molecule has 35 heavy (non-hydrogen) atoms. The molecule has 196 valence electrons. The van der Waals surface area contributed by atoms with Gasteiger partial charge >= 0.3 is 0 Å². The van der Waals surface area contributed by atoms with Gasteiger partial charge in [0.2, 0.25) is 24.6 Å². The number of hydrogen-bond donors (Lipinski definition) is 3. The number of allylic oxidation sites excluding steroid dienone is 4. The lowest BCUT2D eigenvalue weighted by Gasteiger charge is -2.29. The average molecular weight is 492 g/mol. The molecule has 1 saturated heterocycles. The smallest absolute Gasteiger partial charge is 0.243 e. The van der Waals surface area contributed by atoms with Crippen molar-refractivity contribution in [3.8, 4) is 0 Å². The number of hydrogen-bond acceptors (Lipinski definition) is 6. The number of nitrogens with one attached hydrogen (secondary N) is 2. The first-order valence-corrected chi connectivity index (χ1v) is 12.0. The monoisotopic (exact) mass is 491 g/mol. The highest BCUT2D eigenvalue weighted by atomic mass is 16.5. The number of amides is 4. The fourth-order valence-electron chi connectivity index (χ4n) is 4.06. The third-order valence-corrected chi connectivity index (χ3v) is 5.90. The molecule has 0 spiro atoms. The summed E-state index contributed by atoms with van der Waals surface area (Å²) in [5, 5.41) is 5.64. The van der Waals surface area contributed by atoms with E-state index in [9.17, 15) is 19.2 Å². The van der Waals surface area contributed by atoms with Gasteiger partial charge in [0, 0.05) is 25.0 Å². The molecule has 0 bridgehead atoms. The van der Waals surface area contributed by atoms with Crippen LogP contribution in [0.25, 0.3) is 0 Å². The van der Waals surface area contributed by atoms with E-state index in [1.807, 2.05) is 33.0 Å². The van der Waals surface area contributed by atoms with Crippen LogP contribution in [-0.2, 0) is 23.9 Å². The predicted molar refractivity (Wildman–Crippen MR) is 135 cm³/mol. The normalized spacial score (nSPS) is 19.6. The zero-order chi connectivity index (χ0) is 26.2. The average Bonchev–Trinajstić information content (AvgIpc) is 3.22. The van der Waals surface area contributed by atoms with E-state index in [0.29, 0.717) is 31.6 Å². The molecule has 4 amide bonds. The lowest BCUT2D eigenvalue weighted by Crippen LogP contribution is -2.50. The number of likely N-dealkylation sites (tertiary alicyclic amines) is 1. The Hall–Kier alpha value is -3.14. The van der Waals surface area contributed by atoms with Crippen LogP contribution in [0.1, 0.15) is 46.0 Å². The highest BCUT2D eigenvalue weighted by molar-refractivity contribution is 5.84. The molecule has 10 nitrogen and oxygen atoms in total. The molecule has 0 aromatic rings. The van der Waals surface area contributed by atoms with E-state index < -0.39 is 18.0 Å². The van der Waals surface area contributed by atoms with Crippen molar-refractivity contribution in [3.63, 3.8) is 0 Å². The minimum atomic E-state index is -0.577. The number of likely N-dealkylation sites (N-methyl/N-ethyl adjacent to an activating group) is 1. The summed E-state index contributed by atoms with van der Waals surface area (Å²) in [5.41, 5.74) is 5.29. The Morgan fingerprint density at radius 2 is 2.03 bits per heavy atom. The molecule has 1 heterocycles. The highest BCUT2D eigenvalue weighted by Crippen LogP contribution is 2.25. The highest BCUT2D eigenvalue weighted by Gasteiger charge is 2.37. The molecule has 0 aliphatic carbocycles. The lowest BCUT2D eigenvalue weighted by molar-refractivity contribution is -0.133. The summed E-state index contributed by atoms with van der Waals surface area (Å²) in [6, 6.07) is -1.05. The SMILES string of the molecule is C=C(/C=C\C=C/C)OCC(CCC(N)=O)NC(=O)C1CCC(CCN(C)CC(C)NC=O)N1C=O. The number of ether oxygens (including phenoxy) is 1. The zero-order valence-corrected chi connectivity index (χ0v) is 21.2. The van der Waals surface area contributed by atoms with Gasteiger partial charge in [-0.1, -0.05) is 24.8 Å². The van der Waals surface area contributed by atoms with E-state index >= 15 is 0 Å². The summed E-state index contributed by atoms with van der Waals surface area (Å²) >= 11 is 0. The van der Waals surface area contributed by atoms with Gasteiger partial charge in [-0.15, -0.1) is 0 Å². The minimum absolute atomic E-state index is 0.0241. The Morgan fingerprint density at radius 3 is 2.66 bits per heavy atom. The lowest BCUT2D eigenvalue weighted by atomic mass is 10.1. The van der Waals surface area contributed by atoms with Crippen molar-refractivity contribution < 1.29 is 23.9 Å². The van der Waals surface area contributed by atoms with Crippen molar-refractivity contribution in [1.29, 1.82) is 0 Å². The molecule has 0 saturated carbocycles. The van der Waals surface area contributed by atoms with E-state index in [0.717, 1.165) is 25.8 Å². The van der Waals surface area contributed by atoms with E-state index in [1.165, 1.54) is 0 Å². The van der Waals surface area contributed by atoms with Gasteiger partial charge in [-0.2, -0.15) is 0 Å². The molecule has 4 unspecified atom stereocenters. The second kappa shape index (κ2) is 16.5. The van der Waals surface area contributed by atoms with E-state index in [2.05, 4.69) is 22.1 Å². The van der Waals surface area contributed by atoms with Gasteiger partial charge in [0.05, 0.1) is 6.04 Å². The summed E-state index contributed by atoms with van der Waals surface area (Å²) in [7, 11) is 1.96. The van der Waals surface area contributed by atoms with E-state index in [1.54, 1.807) is 17.1 Å². The van der Waals surface area contributed by atoms with Crippen LogP contribution in [0.3, 0.4) is 0 Å². The maximum Gasteiger partial charge on any atom is 0.243 e. The first-order chi connectivity index (χ1) is 16.7. The van der Waals surface area contributed by atoms with Crippen molar-refractivity contribution in [3.05, 3.63) is 36.6 Å². The Balaban J connectivity index is 2.67. The third-order valence-electron chi connectivity index (χ3n) is 5.90. The predicted octanol–water partition coefficient (Wildman–Crippen LogP) is 0.845. The van der Waals surface area contributed by atoms with Gasteiger partial charge in [-0.05, 0) is 59.2 Å². The Labute approximate surface area is 208 Å². The van der Waals surface area contributed by atoms with Gasteiger partial charge in [-0.3, -0.25) is 19.2 Å². The standard InChI is InChI=1S/C25H41N5O5/c1-5-6-7-8-20(3)35-16-21(9-12-24(26)33)28-25(34)23-11-10-22(30(23)18-32)13-14-29(4)15-19(2)27-17-31/h5-8,17-19,21-23H,3,9-16H2,1-2,4H3,(H2,26,33)(H,27,31)(H,28,34)/b6-5-,8-7-. The number of nitrogens with zero attached hydrogens (tertiary/aromatic N) is 2. The van der Waals surface area contributed by atoms with Crippen molar-refractivity contribution in [2.75, 3.05) is 26.7 Å². The Bertz CT molecular complexity index is 769. The molecule has 0 aromatic carbocycles. The molecule has 1 aliphatic rings. The fraction of sp³-hybridized carbons (Fsp3) is 0.600. The maximum atomic E-state index is 13.0. The molecule has 0 radical (unpaired) electrons. The van der Waals surface area contributed by atoms with Crippen LogP contribution in [-0.4, -0.2) is 85.3 Å². The molecule has 0 aromatic heterocycles. The Kier molecular flexibility index (Phi) is 14.1. The van der Waals surface area contributed by atoms with Gasteiger partial charge in [0.15, 0.2) is 0 Å². The molecule has 10 heteroatoms. The van der Waals surface area contributed by atoms with Gasteiger partial charge in [0.1, 0.15) is 18.4 Å². The largest absolute Gasteiger partial charge is 0.492 e. The maximum absolute atomic E-state index is 13.0. The molecule has 4 N–H and O–H groups in total. The van der Waals surface area contributed by atoms with Gasteiger partial charge < -0.3 is 30.9 Å². The first-order valence-electron chi connectivity index (χ1n) is 12.0. The summed E-state index contributed by atoms with van der Waals surface area (Å²) < 4.78 is 5.64. The van der Waals surface area contributed by atoms with Crippen LogP contribution in [0.2, 0.25) is 0 Å². The van der Waals surface area contributed by atoms with Crippen molar-refractivity contribution in [2.24, 2.45) is 5.73 Å². The molecular weight excluding hydrogens is 450 g/mol. The molecule has 1 rings (SSSR count). The molecule has 1 aliphatic heterocycles. The molecular formula is C25H41N5O5. The van der Waals surface area contributed by atoms with E-state index in [4.69, 9.17) is 10.5 Å². The van der Waals surface area contributed by atoms with Crippen LogP contribution in [0.5, 0.6) is 0 Å². The number of carbonyl (C=O) groups is 4. The van der Waals surface area contributed by atoms with Crippen LogP contribution in [0, 0.1) is 0 Å². The van der Waals surface area contributed by atoms with E-state index in [-0.39, 0.29) is 31.0 Å². The molecule has 1 fully saturated rings. The quantitative estimate of drug-likeness (QED) is 0.148. The summed E-state index contributed by atoms with van der Waals surface area (Å²) in [6.45, 7) is 9.19. The minimum Gasteiger partial charge on any atom is -0.492 e. The van der Waals surface area contributed by atoms with Crippen molar-refractivity contribution >= 4 is 24.6 Å². The van der Waals surface area contributed by atoms with Crippen LogP contribution < -0.4 is 16.4 Å². The fourth-order valence-corrected chi connectivity index (χ4v) is 4.06. The third kappa shape index (κ3) is 11.7. The second-order valence-electron chi connectivity index (χ2n) is 8.91. The summed E-state index contributed by atoms with van der Waals surface area (Å²) in [4.78, 5) is 50.4. The number of carbonyl (C=O) groups excluding carboxylic acids is 4. The number of primary amides is 1. The topological polar surface area (TPSA) is 134 Å². The zero-order valence-electron chi connectivity index (χ0n) is 21.2. The van der Waals surface area contributed by atoms with Gasteiger partial charge in [0.25, 0.3) is 0 Å². The van der Waals surface area contributed by atoms with Crippen molar-refractivity contribution in [2.45, 2.75) is 70.1 Å².